The first-order chi connectivity index (χ1) is 56.1. The fraction of sp³-hybridized carbons (Fsp3) is 0.536. The van der Waals surface area contributed by atoms with Gasteiger partial charge in [0, 0.05) is 74.4 Å². The number of fused-ring (bicyclic) bond motifs is 3. The van der Waals surface area contributed by atoms with Gasteiger partial charge in [0.05, 0.1) is 168 Å². The number of carbonyl (C=O) groups is 8. The Morgan fingerprint density at radius 3 is 1.91 bits per heavy atom. The summed E-state index contributed by atoms with van der Waals surface area (Å²) in [6.45, 7) is 20.8. The summed E-state index contributed by atoms with van der Waals surface area (Å²) >= 11 is 0. The molecule has 0 bridgehead atoms. The summed E-state index contributed by atoms with van der Waals surface area (Å²) < 4.78 is 73.8. The van der Waals surface area contributed by atoms with Crippen molar-refractivity contribution in [1.29, 1.82) is 0 Å². The van der Waals surface area contributed by atoms with E-state index in [1.165, 1.54) is 36.0 Å². The molecular weight excluding hydrogens is 1500 g/mol. The number of rotatable bonds is 50. The molecule has 8 rings (SSSR count). The Hall–Kier alpha value is -9.87. The molecule has 8 amide bonds. The van der Waals surface area contributed by atoms with Gasteiger partial charge in [0.15, 0.2) is 29.7 Å². The molecule has 1 fully saturated rings. The van der Waals surface area contributed by atoms with Crippen molar-refractivity contribution in [2.45, 2.75) is 136 Å². The van der Waals surface area contributed by atoms with Crippen LogP contribution in [0.15, 0.2) is 148 Å². The zero-order chi connectivity index (χ0) is 83.3. The van der Waals surface area contributed by atoms with Crippen LogP contribution in [-0.2, 0) is 87.5 Å². The summed E-state index contributed by atoms with van der Waals surface area (Å²) in [7, 11) is 2.99. The normalized spacial score (nSPS) is 20.7. The second-order valence-corrected chi connectivity index (χ2v) is 28.5. The van der Waals surface area contributed by atoms with Crippen LogP contribution >= 0.6 is 0 Å². The highest BCUT2D eigenvalue weighted by atomic mass is 16.6. The zero-order valence-corrected chi connectivity index (χ0v) is 67.9. The van der Waals surface area contributed by atoms with Crippen LogP contribution in [0.3, 0.4) is 0 Å². The van der Waals surface area contributed by atoms with Crippen LogP contribution in [0.1, 0.15) is 109 Å². The summed E-state index contributed by atoms with van der Waals surface area (Å²) in [6.07, 6.45) is 19.6. The topological polar surface area (TPSA) is 370 Å². The number of nitrogens with zero attached hydrogens (tertiary/aromatic N) is 5. The molecule has 7 atom stereocenters. The number of allylic oxidation sites excluding steroid dienone is 9. The van der Waals surface area contributed by atoms with Gasteiger partial charge in [-0.05, 0) is 95.1 Å². The van der Waals surface area contributed by atoms with E-state index in [4.69, 9.17) is 61.6 Å². The second kappa shape index (κ2) is 48.6. The van der Waals surface area contributed by atoms with Crippen molar-refractivity contribution < 1.29 is 110 Å². The number of aliphatic imine (C=N–C) groups is 1. The Morgan fingerprint density at radius 1 is 0.664 bits per heavy atom. The van der Waals surface area contributed by atoms with Crippen LogP contribution in [0.4, 0.5) is 16.2 Å². The van der Waals surface area contributed by atoms with Crippen molar-refractivity contribution in [3.8, 4) is 11.5 Å². The van der Waals surface area contributed by atoms with E-state index < -0.39 is 66.2 Å². The third-order valence-corrected chi connectivity index (χ3v) is 19.4. The summed E-state index contributed by atoms with van der Waals surface area (Å²) in [5, 5.41) is 34.0. The van der Waals surface area contributed by atoms with Gasteiger partial charge in [-0.25, -0.2) is 9.69 Å². The van der Waals surface area contributed by atoms with Crippen molar-refractivity contribution in [3.05, 3.63) is 155 Å². The molecule has 2 unspecified atom stereocenters. The quantitative estimate of drug-likeness (QED) is 0.0217. The average Bonchev–Trinajstić information content (AvgIpc) is 1.59. The highest BCUT2D eigenvalue weighted by Crippen LogP contribution is 2.42. The third kappa shape index (κ3) is 28.5. The minimum Gasteiger partial charge on any atom is -0.498 e. The smallest absolute Gasteiger partial charge is 0.416 e. The lowest BCUT2D eigenvalue weighted by Gasteiger charge is -2.31. The number of unbranched alkanes of at least 4 members (excludes halogenated alkanes) is 2. The van der Waals surface area contributed by atoms with Gasteiger partial charge in [-0.1, -0.05) is 86.2 Å². The molecule has 6 N–H and O–H groups in total. The van der Waals surface area contributed by atoms with E-state index in [0.29, 0.717) is 146 Å². The number of ether oxygens (including phenoxy) is 13. The molecule has 0 spiro atoms. The summed E-state index contributed by atoms with van der Waals surface area (Å²) in [5.74, 6) is -2.22. The van der Waals surface area contributed by atoms with Crippen LogP contribution < -0.4 is 35.6 Å². The molecule has 116 heavy (non-hydrogen) atoms. The molecule has 32 heteroatoms. The van der Waals surface area contributed by atoms with Gasteiger partial charge in [-0.15, -0.1) is 0 Å². The molecular formula is C84H115N9O23. The lowest BCUT2D eigenvalue weighted by molar-refractivity contribution is -0.139. The van der Waals surface area contributed by atoms with E-state index in [1.807, 2.05) is 73.7 Å². The number of benzene rings is 2. The fourth-order valence-electron chi connectivity index (χ4n) is 12.9. The Labute approximate surface area is 678 Å². The molecule has 5 heterocycles. The maximum atomic E-state index is 14.3. The number of hydrogen-bond acceptors (Lipinski definition) is 25. The summed E-state index contributed by atoms with van der Waals surface area (Å²) in [5.41, 5.74) is 4.69. The van der Waals surface area contributed by atoms with E-state index in [9.17, 15) is 48.6 Å². The highest BCUT2D eigenvalue weighted by Gasteiger charge is 2.46. The number of carbonyl (C=O) groups excluding carboxylic acids is 8. The van der Waals surface area contributed by atoms with Crippen molar-refractivity contribution in [1.82, 2.24) is 30.7 Å². The van der Waals surface area contributed by atoms with E-state index >= 15 is 0 Å². The number of hydrogen-bond donors (Lipinski definition) is 6. The van der Waals surface area contributed by atoms with E-state index in [0.717, 1.165) is 28.0 Å². The van der Waals surface area contributed by atoms with E-state index in [-0.39, 0.29) is 124 Å². The van der Waals surface area contributed by atoms with Crippen molar-refractivity contribution in [2.24, 2.45) is 16.8 Å². The third-order valence-electron chi connectivity index (χ3n) is 19.4. The van der Waals surface area contributed by atoms with Crippen molar-refractivity contribution >= 4 is 65.0 Å². The van der Waals surface area contributed by atoms with E-state index in [1.54, 1.807) is 64.4 Å². The number of likely N-dealkylation sites (tertiary alicyclic amines) is 1. The van der Waals surface area contributed by atoms with E-state index in [2.05, 4.69) is 32.8 Å². The number of anilines is 2. The summed E-state index contributed by atoms with van der Waals surface area (Å²) in [4.78, 5) is 116. The molecule has 6 aliphatic rings. The number of amides is 8. The lowest BCUT2D eigenvalue weighted by Crippen LogP contribution is -2.53. The molecule has 1 aliphatic carbocycles. The first kappa shape index (κ1) is 91.7. The van der Waals surface area contributed by atoms with Crippen LogP contribution in [0.5, 0.6) is 11.5 Å². The molecule has 0 saturated carbocycles. The number of aliphatic hydroxyl groups excluding tert-OH is 2. The lowest BCUT2D eigenvalue weighted by atomic mass is 9.95. The van der Waals surface area contributed by atoms with Crippen LogP contribution in [-0.4, -0.2) is 261 Å². The maximum absolute atomic E-state index is 14.3. The van der Waals surface area contributed by atoms with Gasteiger partial charge in [0.2, 0.25) is 35.4 Å². The Morgan fingerprint density at radius 2 is 1.28 bits per heavy atom. The van der Waals surface area contributed by atoms with Gasteiger partial charge in [-0.2, -0.15) is 0 Å². The largest absolute Gasteiger partial charge is 0.498 e. The van der Waals surface area contributed by atoms with Gasteiger partial charge < -0.3 is 103 Å². The average molecular weight is 1620 g/mol. The molecule has 2 aromatic rings. The molecule has 0 radical (unpaired) electrons. The van der Waals surface area contributed by atoms with Crippen molar-refractivity contribution in [2.75, 3.05) is 156 Å². The second-order valence-electron chi connectivity index (χ2n) is 28.5. The minimum absolute atomic E-state index is 0.0125. The zero-order valence-electron chi connectivity index (χ0n) is 67.9. The number of aliphatic hydroxyl groups is 2. The predicted octanol–water partition coefficient (Wildman–Crippen LogP) is 7.15. The van der Waals surface area contributed by atoms with Gasteiger partial charge >= 0.3 is 6.09 Å². The van der Waals surface area contributed by atoms with Crippen LogP contribution in [0.25, 0.3) is 0 Å². The maximum Gasteiger partial charge on any atom is 0.416 e. The van der Waals surface area contributed by atoms with Gasteiger partial charge in [0.1, 0.15) is 24.4 Å². The standard InChI is InChI=1S/C84H115N9O23/c1-56(2)77(89-75(95)25-30-106-32-34-108-36-38-110-40-42-112-44-45-113-43-41-111-39-37-109-35-33-107-31-26-85-74(94)24-27-90-76(96)49-66(81(90)100)63-18-14-11-10-12-15-19-63)79(98)87-60(6)78(97)88-64-22-20-62(21-23-64)55-116-84(103)93-69-51-73(72(105-9)48-67(69)82(101)92-54-58(4)47-70(92)83(93)102)115-29-17-13-16-28-114-71(61(7)104-8)50-68-59(5)80(99)91-53-57(3)46-65(91)52-86-68/h10-12,14-15,18-23,48,50-54,56,60,65-66,70,77,80,83,99,102H,5,13,16-17,24-47,49,55H2,1-4,6-9H3,(H,85,94)(H,87,98)(H,88,97)(H,89,95)/b11-10-,12-10?,14-11?,15-12-,18-14-,19-15?,63-18?,63-19+,68-50+,71-61-/t60-,65-,66?,70-,77-,80?,83-/m0/s1. The van der Waals surface area contributed by atoms with Crippen LogP contribution in [0.2, 0.25) is 0 Å². The van der Waals surface area contributed by atoms with Crippen molar-refractivity contribution in [3.63, 3.8) is 0 Å². The monoisotopic (exact) mass is 1620 g/mol. The first-order valence-corrected chi connectivity index (χ1v) is 39.5. The highest BCUT2D eigenvalue weighted by molar-refractivity contribution is 6.07. The number of methoxy groups -OCH3 is 2. The molecule has 0 aromatic heterocycles. The Balaban J connectivity index is 0.626. The predicted molar refractivity (Wildman–Crippen MR) is 429 cm³/mol. The summed E-state index contributed by atoms with van der Waals surface area (Å²) in [6, 6.07) is 6.60. The number of imide groups is 1. The molecule has 32 nitrogen and oxygen atoms in total. The molecule has 634 valence electrons. The first-order valence-electron chi connectivity index (χ1n) is 39.5. The fourth-order valence-corrected chi connectivity index (χ4v) is 12.9. The van der Waals surface area contributed by atoms with Gasteiger partial charge in [0.25, 0.3) is 5.91 Å². The molecule has 5 aliphatic heterocycles. The Bertz CT molecular complexity index is 3940. The van der Waals surface area contributed by atoms with Gasteiger partial charge in [-0.3, -0.25) is 43.5 Å². The SMILES string of the molecule is C=C1/C(=C\C(OCCCCCOc2cc3c(cc2OC)C(=O)N2C=C(C)C[C@H]2[C@H](O)N3C(=O)OCc2ccc(NC(=O)[C@H](C)NC(=O)[C@@H](NC(=O)CCOCCOCCOCCOCCOCCOCCOCCOCCNC(=O)CCN3C(=O)CC(C4=C/C=C\C=C/C=C\4)C3=O)C(C)C)cc2)=C(/C)OC)N=C[C@@H]2CC(C)=CN2C1O. The molecule has 2 aromatic carbocycles. The molecule has 1 saturated heterocycles. The number of nitrogens with one attached hydrogen (secondary N) is 4. The van der Waals surface area contributed by atoms with Crippen LogP contribution in [0, 0.1) is 11.8 Å². The Kier molecular flexibility index (Phi) is 38.4. The minimum atomic E-state index is -1.53.